The summed E-state index contributed by atoms with van der Waals surface area (Å²) < 4.78 is 1.12. The molecule has 0 saturated carbocycles. The second kappa shape index (κ2) is 4.49. The molecule has 1 saturated heterocycles. The predicted octanol–water partition coefficient (Wildman–Crippen LogP) is 3.57. The number of alkyl halides is 1. The Labute approximate surface area is 112 Å². The maximum Gasteiger partial charge on any atom is 0.240 e. The van der Waals surface area contributed by atoms with Crippen molar-refractivity contribution < 1.29 is 4.79 Å². The number of benzene rings is 1. The number of halogens is 2. The monoisotopic (exact) mass is 345 g/mol. The first-order valence-electron chi connectivity index (χ1n) is 5.23. The molecule has 0 spiro atoms. The molecule has 0 radical (unpaired) electrons. The van der Waals surface area contributed by atoms with Crippen molar-refractivity contribution in [2.45, 2.75) is 25.1 Å². The van der Waals surface area contributed by atoms with E-state index in [2.05, 4.69) is 44.0 Å². The molecule has 1 aromatic carbocycles. The van der Waals surface area contributed by atoms with E-state index in [4.69, 9.17) is 0 Å². The SMILES string of the molecule is Cc1cc(N2CCC(Br)C2=O)cc(C)c1Br. The topological polar surface area (TPSA) is 20.3 Å². The molecule has 0 N–H and O–H groups in total. The van der Waals surface area contributed by atoms with Gasteiger partial charge in [0.25, 0.3) is 0 Å². The van der Waals surface area contributed by atoms with Gasteiger partial charge in [0.15, 0.2) is 0 Å². The molecular weight excluding hydrogens is 334 g/mol. The van der Waals surface area contributed by atoms with Gasteiger partial charge >= 0.3 is 0 Å². The summed E-state index contributed by atoms with van der Waals surface area (Å²) in [5.74, 6) is 0.168. The molecule has 1 fully saturated rings. The first kappa shape index (κ1) is 12.1. The van der Waals surface area contributed by atoms with Crippen LogP contribution >= 0.6 is 31.9 Å². The van der Waals surface area contributed by atoms with Crippen molar-refractivity contribution in [3.05, 3.63) is 27.7 Å². The third-order valence-electron chi connectivity index (χ3n) is 2.87. The molecule has 0 aromatic heterocycles. The highest BCUT2D eigenvalue weighted by Gasteiger charge is 2.30. The molecular formula is C12H13Br2NO. The number of aryl methyl sites for hydroxylation is 2. The maximum atomic E-state index is 11.9. The summed E-state index contributed by atoms with van der Waals surface area (Å²) in [6.45, 7) is 4.90. The summed E-state index contributed by atoms with van der Waals surface area (Å²) in [5.41, 5.74) is 3.34. The van der Waals surface area contributed by atoms with Crippen molar-refractivity contribution in [3.63, 3.8) is 0 Å². The highest BCUT2D eigenvalue weighted by atomic mass is 79.9. The van der Waals surface area contributed by atoms with Gasteiger partial charge in [0, 0.05) is 16.7 Å². The van der Waals surface area contributed by atoms with Crippen LogP contribution in [0.5, 0.6) is 0 Å². The van der Waals surface area contributed by atoms with E-state index in [9.17, 15) is 4.79 Å². The van der Waals surface area contributed by atoms with Crippen LogP contribution in [0.25, 0.3) is 0 Å². The van der Waals surface area contributed by atoms with Crippen LogP contribution in [0, 0.1) is 13.8 Å². The van der Waals surface area contributed by atoms with Crippen LogP contribution in [0.3, 0.4) is 0 Å². The van der Waals surface area contributed by atoms with Crippen molar-refractivity contribution >= 4 is 43.5 Å². The molecule has 4 heteroatoms. The standard InChI is InChI=1S/C12H13Br2NO/c1-7-5-9(6-8(2)11(7)14)15-4-3-10(13)12(15)16/h5-6,10H,3-4H2,1-2H3. The van der Waals surface area contributed by atoms with Gasteiger partial charge in [-0.25, -0.2) is 0 Å². The summed E-state index contributed by atoms with van der Waals surface area (Å²) in [7, 11) is 0. The Kier molecular flexibility index (Phi) is 3.40. The Morgan fingerprint density at radius 1 is 1.31 bits per heavy atom. The Balaban J connectivity index is 2.39. The van der Waals surface area contributed by atoms with Gasteiger partial charge in [-0.05, 0) is 43.5 Å². The minimum Gasteiger partial charge on any atom is -0.311 e. The molecule has 0 aliphatic carbocycles. The maximum absolute atomic E-state index is 11.9. The molecule has 86 valence electrons. The Bertz CT molecular complexity index is 422. The Hall–Kier alpha value is -0.350. The lowest BCUT2D eigenvalue weighted by atomic mass is 10.1. The molecule has 1 atom stereocenters. The lowest BCUT2D eigenvalue weighted by molar-refractivity contribution is -0.116. The van der Waals surface area contributed by atoms with Crippen molar-refractivity contribution in [2.75, 3.05) is 11.4 Å². The molecule has 1 aromatic rings. The van der Waals surface area contributed by atoms with Crippen LogP contribution in [0.15, 0.2) is 16.6 Å². The van der Waals surface area contributed by atoms with Gasteiger partial charge in [0.05, 0.1) is 4.83 Å². The minimum atomic E-state index is -0.0169. The van der Waals surface area contributed by atoms with Crippen LogP contribution in [0.4, 0.5) is 5.69 Å². The first-order valence-corrected chi connectivity index (χ1v) is 6.94. The van der Waals surface area contributed by atoms with E-state index in [-0.39, 0.29) is 10.7 Å². The van der Waals surface area contributed by atoms with E-state index in [1.807, 2.05) is 18.7 Å². The van der Waals surface area contributed by atoms with Crippen molar-refractivity contribution in [2.24, 2.45) is 0 Å². The van der Waals surface area contributed by atoms with E-state index >= 15 is 0 Å². The summed E-state index contributed by atoms with van der Waals surface area (Å²) in [6.07, 6.45) is 0.882. The summed E-state index contributed by atoms with van der Waals surface area (Å²) in [4.78, 5) is 13.7. The number of amides is 1. The van der Waals surface area contributed by atoms with Crippen molar-refractivity contribution in [1.82, 2.24) is 0 Å². The van der Waals surface area contributed by atoms with E-state index in [0.29, 0.717) is 0 Å². The van der Waals surface area contributed by atoms with Crippen molar-refractivity contribution in [1.29, 1.82) is 0 Å². The second-order valence-electron chi connectivity index (χ2n) is 4.14. The number of carbonyl (C=O) groups excluding carboxylic acids is 1. The van der Waals surface area contributed by atoms with Gasteiger partial charge in [0.2, 0.25) is 5.91 Å². The quantitative estimate of drug-likeness (QED) is 0.712. The van der Waals surface area contributed by atoms with Crippen LogP contribution in [0.1, 0.15) is 17.5 Å². The van der Waals surface area contributed by atoms with Gasteiger partial charge in [0.1, 0.15) is 0 Å². The Morgan fingerprint density at radius 3 is 2.31 bits per heavy atom. The number of hydrogen-bond acceptors (Lipinski definition) is 1. The van der Waals surface area contributed by atoms with Gasteiger partial charge in [-0.15, -0.1) is 0 Å². The summed E-state index contributed by atoms with van der Waals surface area (Å²) in [5, 5.41) is 0. The largest absolute Gasteiger partial charge is 0.311 e. The normalized spacial score (nSPS) is 20.6. The third kappa shape index (κ3) is 2.05. The third-order valence-corrected chi connectivity index (χ3v) is 4.97. The fraction of sp³-hybridized carbons (Fsp3) is 0.417. The minimum absolute atomic E-state index is 0.0169. The zero-order valence-corrected chi connectivity index (χ0v) is 12.4. The fourth-order valence-electron chi connectivity index (χ4n) is 1.98. The van der Waals surface area contributed by atoms with Gasteiger partial charge < -0.3 is 4.90 Å². The van der Waals surface area contributed by atoms with E-state index in [1.54, 1.807) is 0 Å². The lowest BCUT2D eigenvalue weighted by Gasteiger charge is -2.18. The summed E-state index contributed by atoms with van der Waals surface area (Å²) >= 11 is 6.93. The van der Waals surface area contributed by atoms with E-state index in [1.165, 1.54) is 11.1 Å². The average Bonchev–Trinajstić information content (AvgIpc) is 2.56. The molecule has 1 amide bonds. The smallest absolute Gasteiger partial charge is 0.240 e. The molecule has 1 aliphatic rings. The van der Waals surface area contributed by atoms with Gasteiger partial charge in [-0.1, -0.05) is 31.9 Å². The molecule has 16 heavy (non-hydrogen) atoms. The van der Waals surface area contributed by atoms with Crippen LogP contribution in [-0.4, -0.2) is 17.3 Å². The fourth-order valence-corrected chi connectivity index (χ4v) is 2.66. The van der Waals surface area contributed by atoms with Gasteiger partial charge in [-0.2, -0.15) is 0 Å². The molecule has 0 bridgehead atoms. The number of hydrogen-bond donors (Lipinski definition) is 0. The number of nitrogens with zero attached hydrogens (tertiary/aromatic N) is 1. The van der Waals surface area contributed by atoms with Crippen LogP contribution in [-0.2, 0) is 4.79 Å². The number of rotatable bonds is 1. The zero-order chi connectivity index (χ0) is 11.9. The first-order chi connectivity index (χ1) is 7.50. The van der Waals surface area contributed by atoms with E-state index < -0.39 is 0 Å². The van der Waals surface area contributed by atoms with Gasteiger partial charge in [-0.3, -0.25) is 4.79 Å². The number of anilines is 1. The average molecular weight is 347 g/mol. The molecule has 1 heterocycles. The Morgan fingerprint density at radius 2 is 1.88 bits per heavy atom. The van der Waals surface area contributed by atoms with Crippen LogP contribution in [0.2, 0.25) is 0 Å². The van der Waals surface area contributed by atoms with Crippen molar-refractivity contribution in [3.8, 4) is 0 Å². The zero-order valence-electron chi connectivity index (χ0n) is 9.26. The molecule has 1 unspecified atom stereocenters. The molecule has 2 rings (SSSR count). The van der Waals surface area contributed by atoms with E-state index in [0.717, 1.165) is 23.1 Å². The highest BCUT2D eigenvalue weighted by molar-refractivity contribution is 9.10. The summed E-state index contributed by atoms with van der Waals surface area (Å²) in [6, 6.07) is 4.11. The highest BCUT2D eigenvalue weighted by Crippen LogP contribution is 2.30. The molecule has 1 aliphatic heterocycles. The predicted molar refractivity (Wildman–Crippen MR) is 73.3 cm³/mol. The van der Waals surface area contributed by atoms with Crippen LogP contribution < -0.4 is 4.90 Å². The lowest BCUT2D eigenvalue weighted by Crippen LogP contribution is -2.27. The number of carbonyl (C=O) groups is 1. The molecule has 2 nitrogen and oxygen atoms in total. The second-order valence-corrected chi connectivity index (χ2v) is 6.04.